The number of amides is 1. The Morgan fingerprint density at radius 1 is 1.10 bits per heavy atom. The maximum atomic E-state index is 12.9. The van der Waals surface area contributed by atoms with Crippen molar-refractivity contribution in [3.05, 3.63) is 93.5 Å². The van der Waals surface area contributed by atoms with Crippen molar-refractivity contribution in [3.63, 3.8) is 0 Å². The Bertz CT molecular complexity index is 1240. The van der Waals surface area contributed by atoms with Gasteiger partial charge in [0.25, 0.3) is 5.56 Å². The zero-order valence-corrected chi connectivity index (χ0v) is 16.2. The number of H-pyrrole nitrogens is 1. The molecular formula is C23H22N4O2. The van der Waals surface area contributed by atoms with Crippen LogP contribution >= 0.6 is 0 Å². The van der Waals surface area contributed by atoms with Crippen molar-refractivity contribution in [1.29, 1.82) is 0 Å². The van der Waals surface area contributed by atoms with Crippen LogP contribution in [0.25, 0.3) is 16.8 Å². The molecule has 4 aromatic rings. The van der Waals surface area contributed by atoms with Crippen LogP contribution in [0.5, 0.6) is 0 Å². The summed E-state index contributed by atoms with van der Waals surface area (Å²) in [6.45, 7) is 2.08. The first-order chi connectivity index (χ1) is 14.1. The number of primary amides is 1. The first kappa shape index (κ1) is 18.7. The quantitative estimate of drug-likeness (QED) is 0.532. The summed E-state index contributed by atoms with van der Waals surface area (Å²) in [5.74, 6) is -0.452. The number of benzene rings is 2. The van der Waals surface area contributed by atoms with Crippen LogP contribution in [0, 0.1) is 0 Å². The molecule has 1 amide bonds. The van der Waals surface area contributed by atoms with Crippen molar-refractivity contribution in [3.8, 4) is 11.1 Å². The molecule has 0 bridgehead atoms. The van der Waals surface area contributed by atoms with E-state index in [0.717, 1.165) is 35.2 Å². The number of nitrogens with one attached hydrogen (secondary N) is 1. The number of nitrogens with zero attached hydrogens (tertiary/aromatic N) is 2. The summed E-state index contributed by atoms with van der Waals surface area (Å²) in [7, 11) is 0. The first-order valence-electron chi connectivity index (χ1n) is 9.64. The Balaban J connectivity index is 1.70. The van der Waals surface area contributed by atoms with Crippen molar-refractivity contribution in [1.82, 2.24) is 14.6 Å². The highest BCUT2D eigenvalue weighted by Gasteiger charge is 2.14. The fraction of sp³-hybridized carbons (Fsp3) is 0.174. The number of aromatic amines is 1. The maximum Gasteiger partial charge on any atom is 0.276 e. The molecule has 0 saturated heterocycles. The molecule has 0 radical (unpaired) electrons. The molecule has 0 aliphatic heterocycles. The second-order valence-corrected chi connectivity index (χ2v) is 7.03. The molecule has 4 rings (SSSR count). The highest BCUT2D eigenvalue weighted by Crippen LogP contribution is 2.24. The van der Waals surface area contributed by atoms with Crippen LogP contribution in [-0.4, -0.2) is 20.5 Å². The predicted octanol–water partition coefficient (Wildman–Crippen LogP) is 3.33. The number of aryl methyl sites for hydroxylation is 1. The van der Waals surface area contributed by atoms with E-state index in [2.05, 4.69) is 17.0 Å². The molecule has 2 aromatic heterocycles. The molecule has 0 atom stereocenters. The van der Waals surface area contributed by atoms with E-state index >= 15 is 0 Å². The zero-order chi connectivity index (χ0) is 20.4. The summed E-state index contributed by atoms with van der Waals surface area (Å²) in [6.07, 6.45) is 3.90. The lowest BCUT2D eigenvalue weighted by Crippen LogP contribution is -2.23. The van der Waals surface area contributed by atoms with Gasteiger partial charge in [-0.2, -0.15) is 0 Å². The Morgan fingerprint density at radius 2 is 1.86 bits per heavy atom. The lowest BCUT2D eigenvalue weighted by atomic mass is 9.96. The minimum atomic E-state index is -0.452. The van der Waals surface area contributed by atoms with E-state index in [1.54, 1.807) is 24.4 Å². The van der Waals surface area contributed by atoms with E-state index in [4.69, 9.17) is 5.73 Å². The number of rotatable bonds is 6. The summed E-state index contributed by atoms with van der Waals surface area (Å²) in [5.41, 5.74) is 10.8. The fourth-order valence-corrected chi connectivity index (χ4v) is 3.62. The molecule has 2 heterocycles. The maximum absolute atomic E-state index is 12.9. The molecule has 146 valence electrons. The second-order valence-electron chi connectivity index (χ2n) is 7.03. The van der Waals surface area contributed by atoms with Crippen molar-refractivity contribution < 1.29 is 4.79 Å². The van der Waals surface area contributed by atoms with Gasteiger partial charge >= 0.3 is 0 Å². The molecule has 0 fully saturated rings. The van der Waals surface area contributed by atoms with E-state index in [9.17, 15) is 9.59 Å². The summed E-state index contributed by atoms with van der Waals surface area (Å²) in [5, 5.41) is 2.93. The van der Waals surface area contributed by atoms with Crippen molar-refractivity contribution >= 4 is 11.6 Å². The number of hydrogen-bond donors (Lipinski definition) is 2. The number of aromatic nitrogens is 3. The monoisotopic (exact) mass is 386 g/mol. The summed E-state index contributed by atoms with van der Waals surface area (Å²) >= 11 is 0. The number of carbonyl (C=O) groups is 1. The normalized spacial score (nSPS) is 11.1. The van der Waals surface area contributed by atoms with Crippen molar-refractivity contribution in [2.75, 3.05) is 0 Å². The minimum Gasteiger partial charge on any atom is -0.366 e. The molecule has 0 unspecified atom stereocenters. The second kappa shape index (κ2) is 7.75. The highest BCUT2D eigenvalue weighted by atomic mass is 16.1. The van der Waals surface area contributed by atoms with E-state index in [1.807, 2.05) is 36.4 Å². The number of hydrogen-bond acceptors (Lipinski definition) is 3. The van der Waals surface area contributed by atoms with Gasteiger partial charge < -0.3 is 5.73 Å². The molecule has 2 aromatic carbocycles. The zero-order valence-electron chi connectivity index (χ0n) is 16.2. The minimum absolute atomic E-state index is 0.0633. The number of carbonyl (C=O) groups excluding carboxylic acids is 1. The van der Waals surface area contributed by atoms with Gasteiger partial charge in [0.15, 0.2) is 5.65 Å². The molecule has 3 N–H and O–H groups in total. The molecule has 6 nitrogen and oxygen atoms in total. The topological polar surface area (TPSA) is 93.2 Å². The van der Waals surface area contributed by atoms with Crippen LogP contribution in [0.4, 0.5) is 0 Å². The lowest BCUT2D eigenvalue weighted by molar-refractivity contribution is 0.100. The fourth-order valence-electron chi connectivity index (χ4n) is 3.62. The van der Waals surface area contributed by atoms with E-state index in [0.29, 0.717) is 23.2 Å². The van der Waals surface area contributed by atoms with Gasteiger partial charge in [-0.05, 0) is 29.2 Å². The van der Waals surface area contributed by atoms with Gasteiger partial charge in [0.1, 0.15) is 0 Å². The third kappa shape index (κ3) is 3.57. The molecule has 0 aliphatic rings. The standard InChI is InChI=1S/C23H22N4O2/c1-2-5-20-19(23(29)27-21(26-20)12-13-25-27)14-15-8-10-16(11-9-15)17-6-3-4-7-18(17)22(24)28/h3-4,6-13,25H,2,5,14H2,1H3,(H2,24,28). The van der Waals surface area contributed by atoms with Crippen LogP contribution < -0.4 is 11.3 Å². The largest absolute Gasteiger partial charge is 0.366 e. The van der Waals surface area contributed by atoms with Gasteiger partial charge in [-0.1, -0.05) is 55.8 Å². The molecule has 6 heteroatoms. The average Bonchev–Trinajstić information content (AvgIpc) is 3.20. The van der Waals surface area contributed by atoms with Crippen LogP contribution in [0.2, 0.25) is 0 Å². The Morgan fingerprint density at radius 3 is 2.59 bits per heavy atom. The summed E-state index contributed by atoms with van der Waals surface area (Å²) in [6, 6.07) is 16.9. The summed E-state index contributed by atoms with van der Waals surface area (Å²) in [4.78, 5) is 29.3. The van der Waals surface area contributed by atoms with Crippen LogP contribution in [-0.2, 0) is 12.8 Å². The van der Waals surface area contributed by atoms with Crippen LogP contribution in [0.3, 0.4) is 0 Å². The number of fused-ring (bicyclic) bond motifs is 1. The predicted molar refractivity (Wildman–Crippen MR) is 113 cm³/mol. The SMILES string of the molecule is CCCc1nc2cc[nH]n2c(=O)c1Cc1ccc(-c2ccccc2C(N)=O)cc1. The van der Waals surface area contributed by atoms with Gasteiger partial charge in [-0.15, -0.1) is 0 Å². The molecular weight excluding hydrogens is 364 g/mol. The van der Waals surface area contributed by atoms with Crippen molar-refractivity contribution in [2.45, 2.75) is 26.2 Å². The summed E-state index contributed by atoms with van der Waals surface area (Å²) < 4.78 is 1.48. The molecule has 0 spiro atoms. The van der Waals surface area contributed by atoms with Gasteiger partial charge in [0.05, 0.1) is 5.69 Å². The third-order valence-electron chi connectivity index (χ3n) is 5.05. The van der Waals surface area contributed by atoms with E-state index in [1.165, 1.54) is 4.52 Å². The van der Waals surface area contributed by atoms with E-state index < -0.39 is 5.91 Å². The van der Waals surface area contributed by atoms with Gasteiger partial charge in [-0.25, -0.2) is 9.50 Å². The smallest absolute Gasteiger partial charge is 0.276 e. The van der Waals surface area contributed by atoms with Gasteiger partial charge in [0.2, 0.25) is 5.91 Å². The van der Waals surface area contributed by atoms with Crippen LogP contribution in [0.15, 0.2) is 65.6 Å². The molecule has 0 saturated carbocycles. The molecule has 29 heavy (non-hydrogen) atoms. The number of nitrogens with two attached hydrogens (primary N) is 1. The van der Waals surface area contributed by atoms with Crippen molar-refractivity contribution in [2.24, 2.45) is 5.73 Å². The Hall–Kier alpha value is -3.67. The van der Waals surface area contributed by atoms with Crippen LogP contribution in [0.1, 0.15) is 40.5 Å². The average molecular weight is 386 g/mol. The Kier molecular flexibility index (Phi) is 4.99. The van der Waals surface area contributed by atoms with Gasteiger partial charge in [-0.3, -0.25) is 14.7 Å². The Labute approximate surface area is 168 Å². The van der Waals surface area contributed by atoms with E-state index in [-0.39, 0.29) is 5.56 Å². The lowest BCUT2D eigenvalue weighted by Gasteiger charge is -2.10. The first-order valence-corrected chi connectivity index (χ1v) is 9.64. The highest BCUT2D eigenvalue weighted by molar-refractivity contribution is 5.99. The van der Waals surface area contributed by atoms with Gasteiger partial charge in [0, 0.05) is 29.8 Å². The molecule has 0 aliphatic carbocycles. The third-order valence-corrected chi connectivity index (χ3v) is 5.05.